The molecule has 0 amide bonds. The van der Waals surface area contributed by atoms with Gasteiger partial charge in [0.15, 0.2) is 31.1 Å². The zero-order chi connectivity index (χ0) is 24.0. The van der Waals surface area contributed by atoms with E-state index in [-0.39, 0.29) is 11.8 Å². The molecule has 3 aromatic heterocycles. The van der Waals surface area contributed by atoms with Gasteiger partial charge in [-0.25, -0.2) is 15.0 Å². The molecule has 6 radical (unpaired) electrons. The molecule has 1 aliphatic rings. The summed E-state index contributed by atoms with van der Waals surface area (Å²) in [5.41, 5.74) is 2.47. The minimum Gasteiger partial charge on any atom is -0.493 e. The van der Waals surface area contributed by atoms with Crippen LogP contribution >= 0.6 is 0 Å². The number of ether oxygens (including phenoxy) is 4. The van der Waals surface area contributed by atoms with Crippen LogP contribution in [0.3, 0.4) is 0 Å². The SMILES string of the molecule is [B]c1nc2cccnc2n1C([B])([B])c1cc(OC)c2c(c1)O[C@@H](C)[C@H](c1ccc(OC)nc1)O2. The Labute approximate surface area is 200 Å². The molecule has 0 saturated heterocycles. The van der Waals surface area contributed by atoms with E-state index in [2.05, 4.69) is 15.0 Å². The number of methoxy groups -OCH3 is 2. The monoisotopic (exact) mass is 448 g/mol. The van der Waals surface area contributed by atoms with E-state index in [4.69, 9.17) is 42.5 Å². The lowest BCUT2D eigenvalue weighted by atomic mass is 9.57. The summed E-state index contributed by atoms with van der Waals surface area (Å²) in [4.78, 5) is 12.9. The number of hydrogen-bond acceptors (Lipinski definition) is 7. The number of benzene rings is 1. The molecule has 0 unspecified atom stereocenters. The molecule has 5 rings (SSSR count). The molecular weight excluding hydrogens is 429 g/mol. The Morgan fingerprint density at radius 2 is 1.88 bits per heavy atom. The third-order valence-electron chi connectivity index (χ3n) is 5.80. The van der Waals surface area contributed by atoms with E-state index in [1.54, 1.807) is 49.8 Å². The van der Waals surface area contributed by atoms with Crippen molar-refractivity contribution < 1.29 is 18.9 Å². The molecule has 0 bridgehead atoms. The van der Waals surface area contributed by atoms with Crippen molar-refractivity contribution in [3.8, 4) is 23.1 Å². The molecule has 4 aromatic rings. The number of hydrogen-bond donors (Lipinski definition) is 0. The average Bonchev–Trinajstić information content (AvgIpc) is 3.19. The van der Waals surface area contributed by atoms with Crippen molar-refractivity contribution in [1.82, 2.24) is 19.5 Å². The summed E-state index contributed by atoms with van der Waals surface area (Å²) in [6.45, 7) is 1.90. The standard InChI is InChI=1S/C23H19B3N4O4/c1-12-19(13-6-7-18(32-3)28-11-13)34-20-16(31-2)9-14(10-17(20)33-12)23(25,26)30-21-15(29-22(30)24)5-4-8-27-21/h4-12,19H,1-3H3/t12-,19+/m0/s1. The van der Waals surface area contributed by atoms with Crippen molar-refractivity contribution in [2.45, 2.75) is 24.5 Å². The first-order valence-corrected chi connectivity index (χ1v) is 10.6. The van der Waals surface area contributed by atoms with Gasteiger partial charge in [0.05, 0.1) is 35.6 Å². The Morgan fingerprint density at radius 3 is 2.59 bits per heavy atom. The molecule has 0 saturated carbocycles. The van der Waals surface area contributed by atoms with Crippen LogP contribution < -0.4 is 24.7 Å². The molecule has 1 aromatic carbocycles. The summed E-state index contributed by atoms with van der Waals surface area (Å²) >= 11 is 0. The summed E-state index contributed by atoms with van der Waals surface area (Å²) in [6.07, 6.45) is 2.56. The van der Waals surface area contributed by atoms with Crippen molar-refractivity contribution >= 4 is 40.4 Å². The van der Waals surface area contributed by atoms with Crippen LogP contribution in [0.1, 0.15) is 24.2 Å². The van der Waals surface area contributed by atoms with Crippen molar-refractivity contribution in [2.75, 3.05) is 14.2 Å². The minimum atomic E-state index is -1.60. The van der Waals surface area contributed by atoms with Crippen LogP contribution in [0, 0.1) is 0 Å². The van der Waals surface area contributed by atoms with Gasteiger partial charge in [-0.15, -0.1) is 0 Å². The fourth-order valence-corrected chi connectivity index (χ4v) is 4.09. The zero-order valence-corrected chi connectivity index (χ0v) is 18.9. The van der Waals surface area contributed by atoms with Gasteiger partial charge in [-0.2, -0.15) is 0 Å². The summed E-state index contributed by atoms with van der Waals surface area (Å²) in [6, 6.07) is 10.6. The van der Waals surface area contributed by atoms with Crippen molar-refractivity contribution in [3.63, 3.8) is 0 Å². The van der Waals surface area contributed by atoms with Crippen LogP contribution in [0.4, 0.5) is 0 Å². The average molecular weight is 448 g/mol. The van der Waals surface area contributed by atoms with Gasteiger partial charge < -0.3 is 23.5 Å². The van der Waals surface area contributed by atoms with E-state index < -0.39 is 11.4 Å². The predicted molar refractivity (Wildman–Crippen MR) is 129 cm³/mol. The summed E-state index contributed by atoms with van der Waals surface area (Å²) in [7, 11) is 22.5. The molecule has 34 heavy (non-hydrogen) atoms. The van der Waals surface area contributed by atoms with Gasteiger partial charge in [0.25, 0.3) is 0 Å². The number of rotatable bonds is 5. The van der Waals surface area contributed by atoms with Gasteiger partial charge >= 0.3 is 0 Å². The maximum atomic E-state index is 6.62. The molecule has 8 nitrogen and oxygen atoms in total. The van der Waals surface area contributed by atoms with Crippen molar-refractivity contribution in [2.24, 2.45) is 0 Å². The first-order valence-electron chi connectivity index (χ1n) is 10.6. The van der Waals surface area contributed by atoms with Gasteiger partial charge in [-0.05, 0) is 48.2 Å². The number of pyridine rings is 2. The van der Waals surface area contributed by atoms with Crippen LogP contribution in [0.2, 0.25) is 0 Å². The second-order valence-electron chi connectivity index (χ2n) is 7.98. The van der Waals surface area contributed by atoms with Crippen LogP contribution in [-0.4, -0.2) is 63.4 Å². The lowest BCUT2D eigenvalue weighted by Crippen LogP contribution is -2.43. The zero-order valence-electron chi connectivity index (χ0n) is 18.9. The molecular formula is C23H19B3N4O4. The molecule has 11 heteroatoms. The topological polar surface area (TPSA) is 80.5 Å². The van der Waals surface area contributed by atoms with E-state index in [1.165, 1.54) is 11.7 Å². The van der Waals surface area contributed by atoms with E-state index in [0.29, 0.717) is 39.9 Å². The molecule has 0 spiro atoms. The second-order valence-corrected chi connectivity index (χ2v) is 7.98. The van der Waals surface area contributed by atoms with Gasteiger partial charge in [0.1, 0.15) is 11.6 Å². The van der Waals surface area contributed by atoms with Crippen molar-refractivity contribution in [1.29, 1.82) is 0 Å². The Kier molecular flexibility index (Phi) is 5.42. The summed E-state index contributed by atoms with van der Waals surface area (Å²) in [5.74, 6) is 1.79. The first-order chi connectivity index (χ1) is 16.3. The van der Waals surface area contributed by atoms with Crippen LogP contribution in [0.25, 0.3) is 11.2 Å². The van der Waals surface area contributed by atoms with E-state index >= 15 is 0 Å². The highest BCUT2D eigenvalue weighted by molar-refractivity contribution is 6.42. The Hall–Kier alpha value is -3.62. The fourth-order valence-electron chi connectivity index (χ4n) is 4.09. The van der Waals surface area contributed by atoms with Gasteiger partial charge in [0, 0.05) is 24.0 Å². The number of fused-ring (bicyclic) bond motifs is 2. The molecule has 2 atom stereocenters. The van der Waals surface area contributed by atoms with Gasteiger partial charge in [-0.3, -0.25) is 0 Å². The number of imidazole rings is 1. The highest BCUT2D eigenvalue weighted by atomic mass is 16.6. The highest BCUT2D eigenvalue weighted by Gasteiger charge is 2.35. The Morgan fingerprint density at radius 1 is 1.06 bits per heavy atom. The normalized spacial score (nSPS) is 17.5. The molecule has 0 aliphatic carbocycles. The molecule has 0 fully saturated rings. The van der Waals surface area contributed by atoms with E-state index in [9.17, 15) is 0 Å². The fraction of sp³-hybridized carbons (Fsp3) is 0.261. The molecule has 0 N–H and O–H groups in total. The minimum absolute atomic E-state index is 0.132. The second kappa shape index (κ2) is 8.31. The first kappa shape index (κ1) is 22.2. The third kappa shape index (κ3) is 3.55. The van der Waals surface area contributed by atoms with Crippen LogP contribution in [0.15, 0.2) is 48.8 Å². The van der Waals surface area contributed by atoms with Gasteiger partial charge in [0.2, 0.25) is 11.6 Å². The Balaban J connectivity index is 1.56. The molecule has 164 valence electrons. The van der Waals surface area contributed by atoms with E-state index in [1.807, 2.05) is 13.0 Å². The summed E-state index contributed by atoms with van der Waals surface area (Å²) < 4.78 is 24.8. The lowest BCUT2D eigenvalue weighted by Gasteiger charge is -2.36. The largest absolute Gasteiger partial charge is 0.493 e. The quantitative estimate of drug-likeness (QED) is 0.429. The van der Waals surface area contributed by atoms with Crippen LogP contribution in [0.5, 0.6) is 23.1 Å². The highest BCUT2D eigenvalue weighted by Crippen LogP contribution is 2.47. The maximum Gasteiger partial charge on any atom is 0.212 e. The predicted octanol–water partition coefficient (Wildman–Crippen LogP) is 1.53. The number of aromatic nitrogens is 4. The van der Waals surface area contributed by atoms with Crippen molar-refractivity contribution in [3.05, 3.63) is 59.9 Å². The summed E-state index contributed by atoms with van der Waals surface area (Å²) in [5, 5.41) is -1.60. The maximum absolute atomic E-state index is 6.62. The Bertz CT molecular complexity index is 1360. The number of nitrogens with zero attached hydrogens (tertiary/aromatic N) is 4. The molecule has 4 heterocycles. The smallest absolute Gasteiger partial charge is 0.212 e. The third-order valence-corrected chi connectivity index (χ3v) is 5.80. The lowest BCUT2D eigenvalue weighted by molar-refractivity contribution is 0.0277. The van der Waals surface area contributed by atoms with E-state index in [0.717, 1.165) is 5.56 Å². The van der Waals surface area contributed by atoms with Crippen LogP contribution in [-0.2, 0) is 5.34 Å². The molecule has 1 aliphatic heterocycles. The van der Waals surface area contributed by atoms with Gasteiger partial charge in [-0.1, -0.05) is 0 Å².